The third-order valence-electron chi connectivity index (χ3n) is 9.98. The summed E-state index contributed by atoms with van der Waals surface area (Å²) < 4.78 is 19.7. The number of hydrogen-bond acceptors (Lipinski definition) is 7. The summed E-state index contributed by atoms with van der Waals surface area (Å²) in [5, 5.41) is 27.3. The van der Waals surface area contributed by atoms with Crippen molar-refractivity contribution in [2.75, 3.05) is 13.2 Å². The van der Waals surface area contributed by atoms with E-state index in [2.05, 4.69) is 11.2 Å². The first kappa shape index (κ1) is 31.1. The Bertz CT molecular complexity index is 1610. The van der Waals surface area contributed by atoms with Crippen molar-refractivity contribution in [3.63, 3.8) is 0 Å². The van der Waals surface area contributed by atoms with Gasteiger partial charge in [-0.25, -0.2) is 4.79 Å². The van der Waals surface area contributed by atoms with Crippen molar-refractivity contribution in [3.05, 3.63) is 53.2 Å². The van der Waals surface area contributed by atoms with Crippen molar-refractivity contribution in [2.24, 2.45) is 11.8 Å². The second-order valence-corrected chi connectivity index (χ2v) is 12.7. The molecule has 240 valence electrons. The largest absolute Gasteiger partial charge is 0.492 e. The first-order valence-electron chi connectivity index (χ1n) is 16.6. The third-order valence-corrected chi connectivity index (χ3v) is 9.98. The van der Waals surface area contributed by atoms with Crippen LogP contribution in [0.5, 0.6) is 11.5 Å². The van der Waals surface area contributed by atoms with Crippen LogP contribution >= 0.6 is 0 Å². The number of aliphatic hydroxyl groups is 1. The third kappa shape index (κ3) is 5.60. The van der Waals surface area contributed by atoms with Gasteiger partial charge in [0.1, 0.15) is 22.9 Å². The number of aromatic carboxylic acids is 1. The van der Waals surface area contributed by atoms with Crippen molar-refractivity contribution in [3.8, 4) is 28.3 Å². The molecule has 3 heterocycles. The Balaban J connectivity index is 1.67. The van der Waals surface area contributed by atoms with Crippen molar-refractivity contribution >= 4 is 17.0 Å². The zero-order valence-corrected chi connectivity index (χ0v) is 26.9. The number of aromatic nitrogens is 3. The molecule has 2 saturated carbocycles. The Morgan fingerprint density at radius 1 is 0.956 bits per heavy atom. The standard InChI is InChI=1S/C36H45N3O6/c1-5-43-30-18-24(35(40)41)19-31(44-6-2)34(30)39-21-28(33-29(39)17-25(20-37-33)32-22(3)38-45-23(32)4)36(42,26-13-9-7-10-14-26)27-15-11-8-12-16-27/h17-21,26-27,42H,5-16H2,1-4H3,(H,40,41). The molecule has 0 saturated heterocycles. The maximum absolute atomic E-state index is 13.2. The number of rotatable bonds is 10. The van der Waals surface area contributed by atoms with Gasteiger partial charge in [-0.1, -0.05) is 43.7 Å². The van der Waals surface area contributed by atoms with E-state index in [9.17, 15) is 15.0 Å². The highest BCUT2D eigenvalue weighted by atomic mass is 16.5. The summed E-state index contributed by atoms with van der Waals surface area (Å²) >= 11 is 0. The second kappa shape index (κ2) is 12.9. The van der Waals surface area contributed by atoms with Crippen molar-refractivity contribution in [2.45, 2.75) is 97.5 Å². The summed E-state index contributed by atoms with van der Waals surface area (Å²) in [6.07, 6.45) is 14.7. The molecule has 0 aliphatic heterocycles. The van der Waals surface area contributed by atoms with Crippen molar-refractivity contribution < 1.29 is 29.0 Å². The average Bonchev–Trinajstić information content (AvgIpc) is 3.60. The number of nitrogens with zero attached hydrogens (tertiary/aromatic N) is 3. The van der Waals surface area contributed by atoms with Gasteiger partial charge in [-0.15, -0.1) is 0 Å². The highest BCUT2D eigenvalue weighted by Crippen LogP contribution is 2.52. The molecule has 3 aromatic heterocycles. The van der Waals surface area contributed by atoms with Gasteiger partial charge < -0.3 is 28.8 Å². The number of carboxylic acid groups (broad SMARTS) is 1. The zero-order chi connectivity index (χ0) is 31.7. The number of fused-ring (bicyclic) bond motifs is 1. The molecular weight excluding hydrogens is 570 g/mol. The molecule has 0 atom stereocenters. The summed E-state index contributed by atoms with van der Waals surface area (Å²) in [6.45, 7) is 8.22. The normalized spacial score (nSPS) is 16.7. The lowest BCUT2D eigenvalue weighted by Gasteiger charge is -2.45. The molecule has 2 aliphatic rings. The fourth-order valence-corrected chi connectivity index (χ4v) is 7.95. The van der Waals surface area contributed by atoms with Gasteiger partial charge in [-0.3, -0.25) is 4.98 Å². The van der Waals surface area contributed by atoms with Crippen molar-refractivity contribution in [1.82, 2.24) is 14.7 Å². The van der Waals surface area contributed by atoms with E-state index in [1.165, 1.54) is 12.8 Å². The minimum atomic E-state index is -1.06. The van der Waals surface area contributed by atoms with Crippen LogP contribution in [0.4, 0.5) is 0 Å². The van der Waals surface area contributed by atoms with Gasteiger partial charge in [-0.2, -0.15) is 0 Å². The van der Waals surface area contributed by atoms with Crippen LogP contribution in [-0.4, -0.2) is 44.1 Å². The molecule has 9 heteroatoms. The summed E-state index contributed by atoms with van der Waals surface area (Å²) in [6, 6.07) is 5.17. The van der Waals surface area contributed by atoms with E-state index in [1.54, 1.807) is 12.1 Å². The first-order chi connectivity index (χ1) is 21.8. The van der Waals surface area contributed by atoms with E-state index >= 15 is 0 Å². The number of ether oxygens (including phenoxy) is 2. The summed E-state index contributed by atoms with van der Waals surface area (Å²) in [5.41, 5.74) is 4.45. The predicted octanol–water partition coefficient (Wildman–Crippen LogP) is 8.14. The Labute approximate surface area is 264 Å². The second-order valence-electron chi connectivity index (χ2n) is 12.7. The van der Waals surface area contributed by atoms with Crippen LogP contribution in [0.3, 0.4) is 0 Å². The first-order valence-corrected chi connectivity index (χ1v) is 16.6. The van der Waals surface area contributed by atoms with E-state index in [1.807, 2.05) is 44.7 Å². The van der Waals surface area contributed by atoms with Gasteiger partial charge >= 0.3 is 5.97 Å². The van der Waals surface area contributed by atoms with E-state index < -0.39 is 11.6 Å². The Kier molecular flexibility index (Phi) is 8.91. The molecule has 2 fully saturated rings. The maximum Gasteiger partial charge on any atom is 0.335 e. The fraction of sp³-hybridized carbons (Fsp3) is 0.528. The smallest absolute Gasteiger partial charge is 0.335 e. The Hall–Kier alpha value is -3.85. The molecule has 9 nitrogen and oxygen atoms in total. The quantitative estimate of drug-likeness (QED) is 0.183. The molecule has 1 aromatic carbocycles. The highest BCUT2D eigenvalue weighted by Gasteiger charge is 2.47. The maximum atomic E-state index is 13.2. The Morgan fingerprint density at radius 3 is 2.02 bits per heavy atom. The average molecular weight is 616 g/mol. The van der Waals surface area contributed by atoms with Crippen LogP contribution < -0.4 is 9.47 Å². The molecule has 0 unspecified atom stereocenters. The minimum Gasteiger partial charge on any atom is -0.492 e. The highest BCUT2D eigenvalue weighted by molar-refractivity contribution is 5.92. The molecule has 45 heavy (non-hydrogen) atoms. The van der Waals surface area contributed by atoms with Crippen LogP contribution in [-0.2, 0) is 5.60 Å². The number of pyridine rings is 1. The molecule has 0 bridgehead atoms. The molecule has 0 amide bonds. The zero-order valence-electron chi connectivity index (χ0n) is 26.9. The lowest BCUT2D eigenvalue weighted by atomic mass is 9.64. The fourth-order valence-electron chi connectivity index (χ4n) is 7.95. The molecule has 4 aromatic rings. The lowest BCUT2D eigenvalue weighted by molar-refractivity contribution is -0.0979. The summed E-state index contributed by atoms with van der Waals surface area (Å²) in [5.74, 6) is 0.683. The van der Waals surface area contributed by atoms with Gasteiger partial charge in [0.15, 0.2) is 0 Å². The summed E-state index contributed by atoms with van der Waals surface area (Å²) in [7, 11) is 0. The van der Waals surface area contributed by atoms with Gasteiger partial charge in [0.05, 0.1) is 41.1 Å². The van der Waals surface area contributed by atoms with Crippen LogP contribution in [0.25, 0.3) is 27.8 Å². The monoisotopic (exact) mass is 615 g/mol. The number of carboxylic acids is 1. The van der Waals surface area contributed by atoms with Gasteiger partial charge in [0, 0.05) is 29.1 Å². The Morgan fingerprint density at radius 2 is 1.53 bits per heavy atom. The van der Waals surface area contributed by atoms with Crippen LogP contribution in [0.15, 0.2) is 35.1 Å². The number of benzene rings is 1. The van der Waals surface area contributed by atoms with E-state index in [-0.39, 0.29) is 17.4 Å². The van der Waals surface area contributed by atoms with E-state index in [0.29, 0.717) is 36.2 Å². The summed E-state index contributed by atoms with van der Waals surface area (Å²) in [4.78, 5) is 17.2. The van der Waals surface area contributed by atoms with E-state index in [4.69, 9.17) is 19.0 Å². The molecule has 0 spiro atoms. The van der Waals surface area contributed by atoms with Crippen molar-refractivity contribution in [1.29, 1.82) is 0 Å². The number of carbonyl (C=O) groups is 1. The molecule has 6 rings (SSSR count). The van der Waals surface area contributed by atoms with Crippen LogP contribution in [0, 0.1) is 25.7 Å². The topological polar surface area (TPSA) is 120 Å². The van der Waals surface area contributed by atoms with Gasteiger partial charge in [0.2, 0.25) is 0 Å². The molecular formula is C36H45N3O6. The van der Waals surface area contributed by atoms with Crippen LogP contribution in [0.2, 0.25) is 0 Å². The van der Waals surface area contributed by atoms with E-state index in [0.717, 1.165) is 84.8 Å². The number of aryl methyl sites for hydroxylation is 2. The van der Waals surface area contributed by atoms with Gasteiger partial charge in [-0.05, 0) is 83.4 Å². The van der Waals surface area contributed by atoms with Crippen LogP contribution in [0.1, 0.15) is 105 Å². The number of hydrogen-bond donors (Lipinski definition) is 2. The predicted molar refractivity (Wildman–Crippen MR) is 172 cm³/mol. The van der Waals surface area contributed by atoms with Gasteiger partial charge in [0.25, 0.3) is 0 Å². The molecule has 2 N–H and O–H groups in total. The lowest BCUT2D eigenvalue weighted by Crippen LogP contribution is -2.44. The molecule has 0 radical (unpaired) electrons. The minimum absolute atomic E-state index is 0.0813. The SMILES string of the molecule is CCOc1cc(C(=O)O)cc(OCC)c1-n1cc(C(O)(C2CCCCC2)C2CCCCC2)c2ncc(-c3c(C)noc3C)cc21. The molecule has 2 aliphatic carbocycles.